The van der Waals surface area contributed by atoms with Gasteiger partial charge in [0.15, 0.2) is 0 Å². The van der Waals surface area contributed by atoms with E-state index in [1.54, 1.807) is 0 Å². The molecular weight excluding hydrogens is 160 g/mol. The van der Waals surface area contributed by atoms with Crippen LogP contribution in [0.4, 0.5) is 0 Å². The van der Waals surface area contributed by atoms with E-state index in [-0.39, 0.29) is 0 Å². The zero-order chi connectivity index (χ0) is 9.26. The Bertz CT molecular complexity index is 189. The van der Waals surface area contributed by atoms with Crippen LogP contribution in [0.2, 0.25) is 0 Å². The third-order valence-electron chi connectivity index (χ3n) is 3.98. The van der Waals surface area contributed by atoms with Crippen LogP contribution in [0.3, 0.4) is 0 Å². The smallest absolute Gasteiger partial charge is 0.136 e. The molecular formula is C12H20O. The summed E-state index contributed by atoms with van der Waals surface area (Å²) >= 11 is 0. The van der Waals surface area contributed by atoms with E-state index in [1.165, 1.54) is 32.1 Å². The minimum absolute atomic E-state index is 0.465. The summed E-state index contributed by atoms with van der Waals surface area (Å²) in [7, 11) is 0. The van der Waals surface area contributed by atoms with Crippen molar-refractivity contribution in [2.45, 2.75) is 51.9 Å². The molecule has 0 amide bonds. The van der Waals surface area contributed by atoms with Gasteiger partial charge in [0.1, 0.15) is 5.78 Å². The quantitative estimate of drug-likeness (QED) is 0.605. The maximum atomic E-state index is 11.6. The van der Waals surface area contributed by atoms with E-state index in [4.69, 9.17) is 0 Å². The summed E-state index contributed by atoms with van der Waals surface area (Å²) in [5.41, 5.74) is 0. The molecule has 0 aromatic heterocycles. The molecule has 0 radical (unpaired) electrons. The molecule has 1 atom stereocenters. The van der Waals surface area contributed by atoms with E-state index in [0.29, 0.717) is 11.7 Å². The molecule has 0 aliphatic heterocycles. The third-order valence-corrected chi connectivity index (χ3v) is 3.98. The van der Waals surface area contributed by atoms with Gasteiger partial charge in [-0.3, -0.25) is 4.79 Å². The van der Waals surface area contributed by atoms with Gasteiger partial charge < -0.3 is 0 Å². The molecule has 0 N–H and O–H groups in total. The van der Waals surface area contributed by atoms with Crippen molar-refractivity contribution in [1.82, 2.24) is 0 Å². The molecule has 1 nitrogen and oxygen atoms in total. The van der Waals surface area contributed by atoms with Gasteiger partial charge in [-0.15, -0.1) is 0 Å². The number of ketones is 1. The van der Waals surface area contributed by atoms with Crippen LogP contribution in [0.25, 0.3) is 0 Å². The van der Waals surface area contributed by atoms with Gasteiger partial charge in [-0.25, -0.2) is 0 Å². The van der Waals surface area contributed by atoms with Crippen LogP contribution in [0.15, 0.2) is 0 Å². The summed E-state index contributed by atoms with van der Waals surface area (Å²) in [6.07, 6.45) is 8.57. The Morgan fingerprint density at radius 3 is 2.31 bits per heavy atom. The lowest BCUT2D eigenvalue weighted by molar-refractivity contribution is -0.122. The van der Waals surface area contributed by atoms with Crippen molar-refractivity contribution in [3.05, 3.63) is 0 Å². The predicted molar refractivity (Wildman–Crippen MR) is 53.5 cm³/mol. The third kappa shape index (κ3) is 1.95. The van der Waals surface area contributed by atoms with E-state index in [0.717, 1.165) is 24.7 Å². The summed E-state index contributed by atoms with van der Waals surface area (Å²) in [6, 6.07) is 0. The SMILES string of the molecule is CC1CCC(C2CCCC2=O)CC1. The van der Waals surface area contributed by atoms with Crippen molar-refractivity contribution >= 4 is 5.78 Å². The largest absolute Gasteiger partial charge is 0.299 e. The highest BCUT2D eigenvalue weighted by Crippen LogP contribution is 2.38. The molecule has 2 fully saturated rings. The number of carbonyl (C=O) groups is 1. The summed E-state index contributed by atoms with van der Waals surface area (Å²) in [5.74, 6) is 2.70. The van der Waals surface area contributed by atoms with Crippen LogP contribution < -0.4 is 0 Å². The van der Waals surface area contributed by atoms with Crippen LogP contribution in [0.1, 0.15) is 51.9 Å². The molecule has 1 heteroatoms. The first-order chi connectivity index (χ1) is 6.27. The van der Waals surface area contributed by atoms with Crippen molar-refractivity contribution < 1.29 is 4.79 Å². The highest BCUT2D eigenvalue weighted by molar-refractivity contribution is 5.83. The minimum atomic E-state index is 0.465. The highest BCUT2D eigenvalue weighted by Gasteiger charge is 2.33. The Morgan fingerprint density at radius 1 is 1.08 bits per heavy atom. The second-order valence-corrected chi connectivity index (χ2v) is 4.98. The van der Waals surface area contributed by atoms with Gasteiger partial charge >= 0.3 is 0 Å². The first-order valence-electron chi connectivity index (χ1n) is 5.80. The maximum absolute atomic E-state index is 11.6. The van der Waals surface area contributed by atoms with Crippen molar-refractivity contribution in [2.24, 2.45) is 17.8 Å². The Labute approximate surface area is 80.9 Å². The average Bonchev–Trinajstić information content (AvgIpc) is 2.53. The fourth-order valence-electron chi connectivity index (χ4n) is 3.03. The monoisotopic (exact) mass is 180 g/mol. The van der Waals surface area contributed by atoms with Gasteiger partial charge in [0, 0.05) is 12.3 Å². The predicted octanol–water partition coefficient (Wildman–Crippen LogP) is 3.18. The molecule has 1 unspecified atom stereocenters. The Kier molecular flexibility index (Phi) is 2.71. The molecule has 0 aromatic carbocycles. The average molecular weight is 180 g/mol. The topological polar surface area (TPSA) is 17.1 Å². The number of hydrogen-bond acceptors (Lipinski definition) is 1. The first kappa shape index (κ1) is 9.23. The van der Waals surface area contributed by atoms with Gasteiger partial charge in [-0.2, -0.15) is 0 Å². The molecule has 0 heterocycles. The summed E-state index contributed by atoms with van der Waals surface area (Å²) in [6.45, 7) is 2.34. The molecule has 74 valence electrons. The van der Waals surface area contributed by atoms with Gasteiger partial charge in [-0.1, -0.05) is 19.8 Å². The lowest BCUT2D eigenvalue weighted by Crippen LogP contribution is -2.23. The lowest BCUT2D eigenvalue weighted by atomic mass is 9.75. The molecule has 0 bridgehead atoms. The first-order valence-corrected chi connectivity index (χ1v) is 5.80. The second-order valence-electron chi connectivity index (χ2n) is 4.98. The minimum Gasteiger partial charge on any atom is -0.299 e. The van der Waals surface area contributed by atoms with Crippen LogP contribution in [0.5, 0.6) is 0 Å². The van der Waals surface area contributed by atoms with Gasteiger partial charge in [-0.05, 0) is 37.5 Å². The molecule has 2 aliphatic rings. The van der Waals surface area contributed by atoms with Crippen LogP contribution in [0, 0.1) is 17.8 Å². The molecule has 0 spiro atoms. The summed E-state index contributed by atoms with van der Waals surface area (Å²) < 4.78 is 0. The Balaban J connectivity index is 1.90. The highest BCUT2D eigenvalue weighted by atomic mass is 16.1. The van der Waals surface area contributed by atoms with E-state index in [9.17, 15) is 4.79 Å². The van der Waals surface area contributed by atoms with E-state index in [1.807, 2.05) is 0 Å². The lowest BCUT2D eigenvalue weighted by Gasteiger charge is -2.29. The zero-order valence-corrected chi connectivity index (χ0v) is 8.59. The van der Waals surface area contributed by atoms with Crippen molar-refractivity contribution in [3.63, 3.8) is 0 Å². The number of rotatable bonds is 1. The molecule has 13 heavy (non-hydrogen) atoms. The van der Waals surface area contributed by atoms with Crippen LogP contribution >= 0.6 is 0 Å². The van der Waals surface area contributed by atoms with E-state index < -0.39 is 0 Å². The van der Waals surface area contributed by atoms with Crippen molar-refractivity contribution in [3.8, 4) is 0 Å². The Morgan fingerprint density at radius 2 is 1.77 bits per heavy atom. The van der Waals surface area contributed by atoms with Crippen molar-refractivity contribution in [1.29, 1.82) is 0 Å². The Hall–Kier alpha value is -0.330. The second kappa shape index (κ2) is 3.81. The molecule has 2 rings (SSSR count). The van der Waals surface area contributed by atoms with E-state index >= 15 is 0 Å². The van der Waals surface area contributed by atoms with E-state index in [2.05, 4.69) is 6.92 Å². The molecule has 2 aliphatic carbocycles. The number of Topliss-reactive ketones (excluding diaryl/α,β-unsaturated/α-hetero) is 1. The van der Waals surface area contributed by atoms with Gasteiger partial charge in [0.25, 0.3) is 0 Å². The van der Waals surface area contributed by atoms with Gasteiger partial charge in [0.2, 0.25) is 0 Å². The van der Waals surface area contributed by atoms with Crippen LogP contribution in [-0.2, 0) is 4.79 Å². The number of hydrogen-bond donors (Lipinski definition) is 0. The normalized spacial score (nSPS) is 41.0. The van der Waals surface area contributed by atoms with Crippen molar-refractivity contribution in [2.75, 3.05) is 0 Å². The summed E-state index contributed by atoms with van der Waals surface area (Å²) in [4.78, 5) is 11.6. The number of carbonyl (C=O) groups excluding carboxylic acids is 1. The fraction of sp³-hybridized carbons (Fsp3) is 0.917. The standard InChI is InChI=1S/C12H20O/c1-9-5-7-10(8-6-9)11-3-2-4-12(11)13/h9-11H,2-8H2,1H3. The maximum Gasteiger partial charge on any atom is 0.136 e. The van der Waals surface area contributed by atoms with Gasteiger partial charge in [0.05, 0.1) is 0 Å². The zero-order valence-electron chi connectivity index (χ0n) is 8.59. The van der Waals surface area contributed by atoms with Crippen LogP contribution in [-0.4, -0.2) is 5.78 Å². The fourth-order valence-corrected chi connectivity index (χ4v) is 3.03. The molecule has 0 saturated heterocycles. The molecule has 0 aromatic rings. The summed E-state index contributed by atoms with van der Waals surface area (Å²) in [5, 5.41) is 0. The molecule has 2 saturated carbocycles.